The van der Waals surface area contributed by atoms with Crippen LogP contribution in [0, 0.1) is 0 Å². The molecule has 2 aromatic rings. The number of nitrogens with one attached hydrogen (secondary N) is 1. The molecular weight excluding hydrogens is 210 g/mol. The molecule has 0 aromatic carbocycles. The maximum absolute atomic E-state index is 11.8. The molecule has 0 atom stereocenters. The molecule has 2 aromatic heterocycles. The van der Waals surface area contributed by atoms with E-state index in [-0.39, 0.29) is 11.5 Å². The standard InChI is InChI=1S/C10H13N3OS/c1-4-6-11-9(14)7-8(5(2)3)13-15-10(7)12-6/h5H,4H2,1-3H3,(H,11,12,14). The summed E-state index contributed by atoms with van der Waals surface area (Å²) in [6, 6.07) is 0. The van der Waals surface area contributed by atoms with Crippen LogP contribution in [0.5, 0.6) is 0 Å². The monoisotopic (exact) mass is 223 g/mol. The van der Waals surface area contributed by atoms with Crippen LogP contribution in [0.4, 0.5) is 0 Å². The first kappa shape index (κ1) is 10.3. The molecule has 0 saturated heterocycles. The fourth-order valence-corrected chi connectivity index (χ4v) is 2.42. The van der Waals surface area contributed by atoms with Crippen LogP contribution >= 0.6 is 11.5 Å². The van der Waals surface area contributed by atoms with Crippen molar-refractivity contribution in [2.24, 2.45) is 0 Å². The Hall–Kier alpha value is -1.23. The largest absolute Gasteiger partial charge is 0.310 e. The summed E-state index contributed by atoms with van der Waals surface area (Å²) in [6.07, 6.45) is 0.736. The molecule has 0 aliphatic rings. The van der Waals surface area contributed by atoms with E-state index in [1.165, 1.54) is 11.5 Å². The van der Waals surface area contributed by atoms with E-state index in [0.717, 1.165) is 22.8 Å². The van der Waals surface area contributed by atoms with Gasteiger partial charge in [-0.2, -0.15) is 4.37 Å². The third-order valence-electron chi connectivity index (χ3n) is 2.30. The number of hydrogen-bond acceptors (Lipinski definition) is 4. The number of hydrogen-bond donors (Lipinski definition) is 1. The summed E-state index contributed by atoms with van der Waals surface area (Å²) in [4.78, 5) is 19.7. The molecule has 0 radical (unpaired) electrons. The molecular formula is C10H13N3OS. The van der Waals surface area contributed by atoms with Crippen molar-refractivity contribution >= 4 is 21.7 Å². The number of aromatic amines is 1. The van der Waals surface area contributed by atoms with Gasteiger partial charge < -0.3 is 4.98 Å². The van der Waals surface area contributed by atoms with Crippen LogP contribution in [-0.4, -0.2) is 14.3 Å². The Bertz CT molecular complexity index is 541. The van der Waals surface area contributed by atoms with Gasteiger partial charge in [-0.15, -0.1) is 0 Å². The number of aromatic nitrogens is 3. The predicted octanol–water partition coefficient (Wildman–Crippen LogP) is 2.07. The van der Waals surface area contributed by atoms with E-state index in [2.05, 4.69) is 14.3 Å². The van der Waals surface area contributed by atoms with Crippen LogP contribution in [0.3, 0.4) is 0 Å². The zero-order valence-corrected chi connectivity index (χ0v) is 9.81. The van der Waals surface area contributed by atoms with Crippen molar-refractivity contribution in [2.75, 3.05) is 0 Å². The second kappa shape index (κ2) is 3.73. The van der Waals surface area contributed by atoms with Crippen LogP contribution in [0.2, 0.25) is 0 Å². The van der Waals surface area contributed by atoms with E-state index < -0.39 is 0 Å². The molecule has 5 heteroatoms. The van der Waals surface area contributed by atoms with Crippen molar-refractivity contribution in [1.82, 2.24) is 14.3 Å². The molecule has 0 unspecified atom stereocenters. The average Bonchev–Trinajstić information content (AvgIpc) is 2.61. The molecule has 0 aliphatic heterocycles. The second-order valence-electron chi connectivity index (χ2n) is 3.77. The van der Waals surface area contributed by atoms with Gasteiger partial charge in [-0.25, -0.2) is 4.98 Å². The Balaban J connectivity index is 2.77. The van der Waals surface area contributed by atoms with Gasteiger partial charge in [-0.3, -0.25) is 4.79 Å². The highest BCUT2D eigenvalue weighted by Crippen LogP contribution is 2.23. The first-order valence-electron chi connectivity index (χ1n) is 5.02. The quantitative estimate of drug-likeness (QED) is 0.847. The van der Waals surface area contributed by atoms with Crippen molar-refractivity contribution in [1.29, 1.82) is 0 Å². The molecule has 4 nitrogen and oxygen atoms in total. The average molecular weight is 223 g/mol. The minimum Gasteiger partial charge on any atom is -0.310 e. The summed E-state index contributed by atoms with van der Waals surface area (Å²) in [6.45, 7) is 6.03. The Labute approximate surface area is 91.5 Å². The Morgan fingerprint density at radius 2 is 2.20 bits per heavy atom. The molecule has 0 saturated carbocycles. The van der Waals surface area contributed by atoms with E-state index in [1.807, 2.05) is 20.8 Å². The lowest BCUT2D eigenvalue weighted by molar-refractivity contribution is 0.846. The van der Waals surface area contributed by atoms with Gasteiger partial charge in [0.1, 0.15) is 11.2 Å². The van der Waals surface area contributed by atoms with E-state index in [1.54, 1.807) is 0 Å². The van der Waals surface area contributed by atoms with Gasteiger partial charge in [0.25, 0.3) is 5.56 Å². The SMILES string of the molecule is CCc1nc2snc(C(C)C)c2c(=O)[nH]1. The van der Waals surface area contributed by atoms with Gasteiger partial charge in [-0.05, 0) is 17.5 Å². The van der Waals surface area contributed by atoms with E-state index in [4.69, 9.17) is 0 Å². The van der Waals surface area contributed by atoms with E-state index >= 15 is 0 Å². The van der Waals surface area contributed by atoms with Crippen LogP contribution in [0.25, 0.3) is 10.2 Å². The molecule has 15 heavy (non-hydrogen) atoms. The number of aryl methyl sites for hydroxylation is 1. The molecule has 0 amide bonds. The number of rotatable bonds is 2. The number of nitrogens with zero attached hydrogens (tertiary/aromatic N) is 2. The highest BCUT2D eigenvalue weighted by Gasteiger charge is 2.14. The summed E-state index contributed by atoms with van der Waals surface area (Å²) in [5, 5.41) is 0.659. The Kier molecular flexibility index (Phi) is 2.56. The topological polar surface area (TPSA) is 58.6 Å². The smallest absolute Gasteiger partial charge is 0.261 e. The highest BCUT2D eigenvalue weighted by atomic mass is 32.1. The lowest BCUT2D eigenvalue weighted by atomic mass is 10.1. The third-order valence-corrected chi connectivity index (χ3v) is 3.06. The van der Waals surface area contributed by atoms with E-state index in [0.29, 0.717) is 5.39 Å². The van der Waals surface area contributed by atoms with Gasteiger partial charge in [0.15, 0.2) is 4.83 Å². The van der Waals surface area contributed by atoms with Crippen LogP contribution < -0.4 is 5.56 Å². The maximum Gasteiger partial charge on any atom is 0.261 e. The Morgan fingerprint density at radius 1 is 1.47 bits per heavy atom. The van der Waals surface area contributed by atoms with Gasteiger partial charge >= 0.3 is 0 Å². The van der Waals surface area contributed by atoms with Gasteiger partial charge in [0.2, 0.25) is 0 Å². The van der Waals surface area contributed by atoms with Gasteiger partial charge in [0, 0.05) is 6.42 Å². The molecule has 0 fully saturated rings. The molecule has 1 N–H and O–H groups in total. The zero-order valence-electron chi connectivity index (χ0n) is 9.00. The van der Waals surface area contributed by atoms with Crippen LogP contribution in [0.1, 0.15) is 38.2 Å². The van der Waals surface area contributed by atoms with Crippen LogP contribution in [0.15, 0.2) is 4.79 Å². The predicted molar refractivity (Wildman–Crippen MR) is 61.5 cm³/mol. The van der Waals surface area contributed by atoms with Crippen molar-refractivity contribution in [3.8, 4) is 0 Å². The first-order valence-corrected chi connectivity index (χ1v) is 5.79. The van der Waals surface area contributed by atoms with Crippen molar-refractivity contribution in [2.45, 2.75) is 33.1 Å². The minimum absolute atomic E-state index is 0.0608. The lowest BCUT2D eigenvalue weighted by Crippen LogP contribution is -2.11. The van der Waals surface area contributed by atoms with Crippen molar-refractivity contribution in [3.05, 3.63) is 21.9 Å². The summed E-state index contributed by atoms with van der Waals surface area (Å²) in [5.41, 5.74) is 0.792. The third kappa shape index (κ3) is 1.67. The number of fused-ring (bicyclic) bond motifs is 1. The number of H-pyrrole nitrogens is 1. The fourth-order valence-electron chi connectivity index (χ4n) is 1.49. The summed E-state index contributed by atoms with van der Waals surface area (Å²) < 4.78 is 4.29. The fraction of sp³-hybridized carbons (Fsp3) is 0.500. The molecule has 0 bridgehead atoms. The summed E-state index contributed by atoms with van der Waals surface area (Å²) in [5.74, 6) is 0.987. The zero-order chi connectivity index (χ0) is 11.0. The molecule has 80 valence electrons. The second-order valence-corrected chi connectivity index (χ2v) is 4.52. The molecule has 0 spiro atoms. The van der Waals surface area contributed by atoms with Crippen molar-refractivity contribution in [3.63, 3.8) is 0 Å². The molecule has 0 aliphatic carbocycles. The Morgan fingerprint density at radius 3 is 2.80 bits per heavy atom. The van der Waals surface area contributed by atoms with Gasteiger partial charge in [0.05, 0.1) is 5.69 Å². The lowest BCUT2D eigenvalue weighted by Gasteiger charge is -2.00. The first-order chi connectivity index (χ1) is 7.13. The minimum atomic E-state index is -0.0608. The van der Waals surface area contributed by atoms with Crippen LogP contribution in [-0.2, 0) is 6.42 Å². The maximum atomic E-state index is 11.8. The van der Waals surface area contributed by atoms with E-state index in [9.17, 15) is 4.79 Å². The highest BCUT2D eigenvalue weighted by molar-refractivity contribution is 7.12. The molecule has 2 rings (SSSR count). The normalized spacial score (nSPS) is 11.5. The van der Waals surface area contributed by atoms with Crippen molar-refractivity contribution < 1.29 is 0 Å². The summed E-state index contributed by atoms with van der Waals surface area (Å²) in [7, 11) is 0. The summed E-state index contributed by atoms with van der Waals surface area (Å²) >= 11 is 1.30. The van der Waals surface area contributed by atoms with Gasteiger partial charge in [-0.1, -0.05) is 20.8 Å². The molecule has 2 heterocycles.